The number of halogens is 4. The van der Waals surface area contributed by atoms with Crippen LogP contribution in [-0.2, 0) is 0 Å². The van der Waals surface area contributed by atoms with Gasteiger partial charge in [-0.3, -0.25) is 0 Å². The third kappa shape index (κ3) is 3.13. The van der Waals surface area contributed by atoms with E-state index in [9.17, 15) is 19.0 Å². The fraction of sp³-hybridized carbons (Fsp3) is 0.400. The van der Waals surface area contributed by atoms with Crippen LogP contribution in [0.3, 0.4) is 0 Å². The van der Waals surface area contributed by atoms with Crippen molar-refractivity contribution in [3.63, 3.8) is 0 Å². The first-order chi connectivity index (χ1) is 7.47. The molecule has 2 unspecified atom stereocenters. The first-order valence-corrected chi connectivity index (χ1v) is 6.03. The van der Waals surface area contributed by atoms with Gasteiger partial charge in [-0.05, 0) is 24.1 Å². The molecule has 0 aliphatic carbocycles. The third-order valence-corrected chi connectivity index (χ3v) is 2.94. The number of benzene rings is 1. The summed E-state index contributed by atoms with van der Waals surface area (Å²) in [5.41, 5.74) is -0.0344. The number of alkyl halides is 1. The average molecular weight is 316 g/mol. The molecule has 2 nitrogen and oxygen atoms in total. The minimum atomic E-state index is -1.33. The lowest BCUT2D eigenvalue weighted by Crippen LogP contribution is -2.19. The van der Waals surface area contributed by atoms with E-state index >= 15 is 0 Å². The molecular weight excluding hydrogens is 305 g/mol. The van der Waals surface area contributed by atoms with E-state index in [4.69, 9.17) is 11.6 Å². The van der Waals surface area contributed by atoms with E-state index < -0.39 is 28.9 Å². The lowest BCUT2D eigenvalue weighted by molar-refractivity contribution is 0.0170. The molecule has 1 aromatic rings. The average Bonchev–Trinajstić information content (AvgIpc) is 2.24. The molecule has 0 aliphatic heterocycles. The molecule has 2 atom stereocenters. The van der Waals surface area contributed by atoms with Gasteiger partial charge in [-0.2, -0.15) is 0 Å². The number of hydrogen-bond donors (Lipinski definition) is 2. The summed E-state index contributed by atoms with van der Waals surface area (Å²) in [6, 6.07) is 1.82. The second kappa shape index (κ2) is 5.91. The van der Waals surface area contributed by atoms with Crippen LogP contribution in [0.1, 0.15) is 18.1 Å². The molecule has 0 aromatic heterocycles. The minimum absolute atomic E-state index is 0.0344. The molecule has 16 heavy (non-hydrogen) atoms. The Morgan fingerprint density at radius 3 is 2.19 bits per heavy atom. The zero-order valence-electron chi connectivity index (χ0n) is 8.13. The maximum atomic E-state index is 13.1. The summed E-state index contributed by atoms with van der Waals surface area (Å²) in [6.45, 7) is 0. The number of aliphatic hydroxyl groups is 2. The Hall–Kier alpha value is -0.230. The van der Waals surface area contributed by atoms with Crippen molar-refractivity contribution in [1.29, 1.82) is 0 Å². The maximum Gasteiger partial charge on any atom is 0.145 e. The minimum Gasteiger partial charge on any atom is -0.390 e. The van der Waals surface area contributed by atoms with Gasteiger partial charge in [0.25, 0.3) is 0 Å². The molecule has 0 amide bonds. The molecule has 0 saturated heterocycles. The fourth-order valence-corrected chi connectivity index (χ4v) is 1.82. The molecule has 1 rings (SSSR count). The first kappa shape index (κ1) is 13.8. The summed E-state index contributed by atoms with van der Waals surface area (Å²) in [7, 11) is 0. The van der Waals surface area contributed by atoms with Crippen molar-refractivity contribution in [2.45, 2.75) is 18.6 Å². The van der Waals surface area contributed by atoms with Gasteiger partial charge in [0.2, 0.25) is 0 Å². The van der Waals surface area contributed by atoms with E-state index in [1.807, 2.05) is 0 Å². The molecule has 1 aromatic carbocycles. The van der Waals surface area contributed by atoms with Gasteiger partial charge in [-0.1, -0.05) is 27.5 Å². The van der Waals surface area contributed by atoms with Crippen LogP contribution in [-0.4, -0.2) is 21.6 Å². The molecule has 0 spiro atoms. The summed E-state index contributed by atoms with van der Waals surface area (Å²) in [6.07, 6.45) is -2.15. The van der Waals surface area contributed by atoms with Crippen LogP contribution in [0, 0.1) is 11.6 Å². The van der Waals surface area contributed by atoms with Gasteiger partial charge < -0.3 is 10.2 Å². The van der Waals surface area contributed by atoms with E-state index in [0.29, 0.717) is 5.33 Å². The van der Waals surface area contributed by atoms with Gasteiger partial charge in [0.15, 0.2) is 0 Å². The summed E-state index contributed by atoms with van der Waals surface area (Å²) in [4.78, 5) is 0. The van der Waals surface area contributed by atoms with Crippen LogP contribution in [0.25, 0.3) is 0 Å². The predicted molar refractivity (Wildman–Crippen MR) is 60.7 cm³/mol. The van der Waals surface area contributed by atoms with Crippen LogP contribution < -0.4 is 0 Å². The van der Waals surface area contributed by atoms with E-state index in [0.717, 1.165) is 12.1 Å². The molecule has 6 heteroatoms. The Balaban J connectivity index is 2.96. The molecule has 0 aliphatic rings. The zero-order valence-corrected chi connectivity index (χ0v) is 10.5. The van der Waals surface area contributed by atoms with Crippen LogP contribution in [0.4, 0.5) is 8.78 Å². The largest absolute Gasteiger partial charge is 0.390 e. The smallest absolute Gasteiger partial charge is 0.145 e. The lowest BCUT2D eigenvalue weighted by Gasteiger charge is -2.17. The Bertz CT molecular complexity index is 353. The Morgan fingerprint density at radius 1 is 1.25 bits per heavy atom. The van der Waals surface area contributed by atoms with Crippen molar-refractivity contribution in [2.24, 2.45) is 0 Å². The molecule has 0 radical (unpaired) electrons. The predicted octanol–water partition coefficient (Wildman–Crippen LogP) is 2.80. The maximum absolute atomic E-state index is 13.1. The van der Waals surface area contributed by atoms with Crippen LogP contribution >= 0.6 is 27.5 Å². The van der Waals surface area contributed by atoms with Crippen molar-refractivity contribution in [2.75, 3.05) is 5.33 Å². The van der Waals surface area contributed by atoms with Crippen molar-refractivity contribution in [3.8, 4) is 0 Å². The van der Waals surface area contributed by atoms with Crippen molar-refractivity contribution in [1.82, 2.24) is 0 Å². The van der Waals surface area contributed by atoms with Gasteiger partial charge in [-0.15, -0.1) is 0 Å². The lowest BCUT2D eigenvalue weighted by atomic mass is 10.0. The molecule has 90 valence electrons. The van der Waals surface area contributed by atoms with E-state index in [1.165, 1.54) is 0 Å². The second-order valence-corrected chi connectivity index (χ2v) is 4.46. The van der Waals surface area contributed by atoms with Crippen molar-refractivity contribution >= 4 is 27.5 Å². The Kier molecular flexibility index (Phi) is 5.11. The third-order valence-electron chi connectivity index (χ3n) is 2.12. The summed E-state index contributed by atoms with van der Waals surface area (Å²) in [5.74, 6) is -1.91. The normalized spacial score (nSPS) is 14.9. The number of aliphatic hydroxyl groups excluding tert-OH is 2. The molecule has 0 bridgehead atoms. The summed E-state index contributed by atoms with van der Waals surface area (Å²) >= 11 is 8.38. The van der Waals surface area contributed by atoms with Crippen LogP contribution in [0.5, 0.6) is 0 Å². The van der Waals surface area contributed by atoms with E-state index in [2.05, 4.69) is 15.9 Å². The molecule has 0 saturated carbocycles. The molecule has 0 heterocycles. The topological polar surface area (TPSA) is 40.5 Å². The highest BCUT2D eigenvalue weighted by atomic mass is 79.9. The standard InChI is InChI=1S/C10H10BrClF2O2/c11-2-1-8(15)10(16)5-3-6(13)9(12)7(14)4-5/h3-4,8,10,15-16H,1-2H2. The molecular formula is C10H10BrClF2O2. The van der Waals surface area contributed by atoms with Gasteiger partial charge in [0, 0.05) is 5.33 Å². The SMILES string of the molecule is OC(CCBr)C(O)c1cc(F)c(Cl)c(F)c1. The zero-order chi connectivity index (χ0) is 12.3. The Morgan fingerprint density at radius 2 is 1.75 bits per heavy atom. The molecule has 2 N–H and O–H groups in total. The highest BCUT2D eigenvalue weighted by molar-refractivity contribution is 9.09. The van der Waals surface area contributed by atoms with Crippen LogP contribution in [0.2, 0.25) is 5.02 Å². The van der Waals surface area contributed by atoms with Gasteiger partial charge in [0.05, 0.1) is 6.10 Å². The van der Waals surface area contributed by atoms with Crippen LogP contribution in [0.15, 0.2) is 12.1 Å². The fourth-order valence-electron chi connectivity index (χ4n) is 1.24. The molecule has 0 fully saturated rings. The summed E-state index contributed by atoms with van der Waals surface area (Å²) < 4.78 is 26.2. The highest BCUT2D eigenvalue weighted by Gasteiger charge is 2.20. The van der Waals surface area contributed by atoms with Crippen molar-refractivity contribution < 1.29 is 19.0 Å². The highest BCUT2D eigenvalue weighted by Crippen LogP contribution is 2.26. The Labute approximate surface area is 105 Å². The van der Waals surface area contributed by atoms with E-state index in [-0.39, 0.29) is 12.0 Å². The quantitative estimate of drug-likeness (QED) is 0.662. The van der Waals surface area contributed by atoms with E-state index in [1.54, 1.807) is 0 Å². The first-order valence-electron chi connectivity index (χ1n) is 4.54. The summed E-state index contributed by atoms with van der Waals surface area (Å²) in [5, 5.41) is 18.9. The van der Waals surface area contributed by atoms with Gasteiger partial charge in [0.1, 0.15) is 22.8 Å². The van der Waals surface area contributed by atoms with Gasteiger partial charge >= 0.3 is 0 Å². The monoisotopic (exact) mass is 314 g/mol. The number of rotatable bonds is 4. The van der Waals surface area contributed by atoms with Gasteiger partial charge in [-0.25, -0.2) is 8.78 Å². The van der Waals surface area contributed by atoms with Crippen molar-refractivity contribution in [3.05, 3.63) is 34.4 Å². The number of hydrogen-bond acceptors (Lipinski definition) is 2. The second-order valence-electron chi connectivity index (χ2n) is 3.29.